The Morgan fingerprint density at radius 2 is 2.07 bits per heavy atom. The Balaban J connectivity index is 2.60. The van der Waals surface area contributed by atoms with Crippen molar-refractivity contribution in [3.8, 4) is 11.5 Å². The van der Waals surface area contributed by atoms with Crippen molar-refractivity contribution in [1.29, 1.82) is 0 Å². The van der Waals surface area contributed by atoms with Gasteiger partial charge in [-0.1, -0.05) is 0 Å². The van der Waals surface area contributed by atoms with Crippen LogP contribution in [0.4, 0.5) is 0 Å². The van der Waals surface area contributed by atoms with Crippen molar-refractivity contribution in [3.63, 3.8) is 0 Å². The molecular weight excluding hydrogens is 316 g/mol. The minimum absolute atomic E-state index is 0.0541. The summed E-state index contributed by atoms with van der Waals surface area (Å²) >= 11 is 6.41. The first-order valence-corrected chi connectivity index (χ1v) is 5.58. The lowest BCUT2D eigenvalue weighted by Gasteiger charge is -2.18. The molecule has 0 amide bonds. The number of carbonyl (C=O) groups excluding carboxylic acids is 1. The summed E-state index contributed by atoms with van der Waals surface area (Å²) in [6.07, 6.45) is 1.03. The van der Waals surface area contributed by atoms with Gasteiger partial charge >= 0.3 is 5.97 Å². The van der Waals surface area contributed by atoms with Crippen molar-refractivity contribution in [2.45, 2.75) is 12.8 Å². The van der Waals surface area contributed by atoms with Crippen LogP contribution in [0.15, 0.2) is 15.0 Å². The zero-order chi connectivity index (χ0) is 10.3. The molecule has 1 aliphatic rings. The number of halogens is 2. The second-order valence-electron chi connectivity index (χ2n) is 2.98. The minimum atomic E-state index is -0.264. The van der Waals surface area contributed by atoms with Gasteiger partial charge in [0.05, 0.1) is 10.9 Å². The summed E-state index contributed by atoms with van der Waals surface area (Å²) in [5.74, 6) is 0.223. The van der Waals surface area contributed by atoms with Crippen LogP contribution in [0.3, 0.4) is 0 Å². The predicted octanol–water partition coefficient (Wildman–Crippen LogP) is 2.77. The van der Waals surface area contributed by atoms with Gasteiger partial charge < -0.3 is 9.84 Å². The summed E-state index contributed by atoms with van der Waals surface area (Å²) in [5, 5.41) is 9.56. The molecule has 0 radical (unpaired) electrons. The molecule has 0 saturated carbocycles. The fourth-order valence-electron chi connectivity index (χ4n) is 1.34. The van der Waals surface area contributed by atoms with E-state index in [1.54, 1.807) is 6.07 Å². The van der Waals surface area contributed by atoms with E-state index in [0.717, 1.165) is 5.56 Å². The molecule has 5 heteroatoms. The Morgan fingerprint density at radius 1 is 1.36 bits per heavy atom. The normalized spacial score (nSPS) is 14.9. The van der Waals surface area contributed by atoms with Gasteiger partial charge in [0.25, 0.3) is 0 Å². The summed E-state index contributed by atoms with van der Waals surface area (Å²) < 4.78 is 6.06. The number of esters is 1. The molecule has 74 valence electrons. The molecule has 2 rings (SSSR count). The number of phenolic OH excluding ortho intramolecular Hbond substituents is 1. The smallest absolute Gasteiger partial charge is 0.311 e. The number of hydrogen-bond acceptors (Lipinski definition) is 3. The minimum Gasteiger partial charge on any atom is -0.505 e. The van der Waals surface area contributed by atoms with Gasteiger partial charge in [-0.2, -0.15) is 0 Å². The van der Waals surface area contributed by atoms with E-state index in [0.29, 0.717) is 27.5 Å². The molecule has 0 aromatic heterocycles. The zero-order valence-electron chi connectivity index (χ0n) is 7.01. The fourth-order valence-corrected chi connectivity index (χ4v) is 2.63. The fraction of sp³-hybridized carbons (Fsp3) is 0.222. The lowest BCUT2D eigenvalue weighted by Crippen LogP contribution is -2.16. The van der Waals surface area contributed by atoms with Crippen LogP contribution in [0.2, 0.25) is 0 Å². The van der Waals surface area contributed by atoms with E-state index in [2.05, 4.69) is 31.9 Å². The number of rotatable bonds is 0. The highest BCUT2D eigenvalue weighted by atomic mass is 79.9. The monoisotopic (exact) mass is 320 g/mol. The lowest BCUT2D eigenvalue weighted by atomic mass is 10.1. The molecule has 1 N–H and O–H groups in total. The molecule has 0 atom stereocenters. The Kier molecular flexibility index (Phi) is 2.53. The van der Waals surface area contributed by atoms with Crippen molar-refractivity contribution in [2.75, 3.05) is 0 Å². The third-order valence-electron chi connectivity index (χ3n) is 2.04. The molecule has 14 heavy (non-hydrogen) atoms. The number of benzene rings is 1. The topological polar surface area (TPSA) is 46.5 Å². The van der Waals surface area contributed by atoms with E-state index in [-0.39, 0.29) is 11.7 Å². The van der Waals surface area contributed by atoms with Crippen LogP contribution in [0.25, 0.3) is 0 Å². The van der Waals surface area contributed by atoms with Gasteiger partial charge in [-0.15, -0.1) is 0 Å². The van der Waals surface area contributed by atoms with Crippen LogP contribution in [-0.4, -0.2) is 11.1 Å². The van der Waals surface area contributed by atoms with Crippen LogP contribution in [-0.2, 0) is 11.2 Å². The highest BCUT2D eigenvalue weighted by Crippen LogP contribution is 2.43. The summed E-state index contributed by atoms with van der Waals surface area (Å²) in [6, 6.07) is 1.77. The van der Waals surface area contributed by atoms with Crippen molar-refractivity contribution >= 4 is 37.8 Å². The Hall–Kier alpha value is -0.550. The van der Waals surface area contributed by atoms with E-state index >= 15 is 0 Å². The first-order valence-electron chi connectivity index (χ1n) is 4.00. The molecule has 3 nitrogen and oxygen atoms in total. The van der Waals surface area contributed by atoms with Crippen LogP contribution >= 0.6 is 31.9 Å². The summed E-state index contributed by atoms with van der Waals surface area (Å²) in [7, 11) is 0. The first kappa shape index (κ1) is 9.98. The summed E-state index contributed by atoms with van der Waals surface area (Å²) in [5.41, 5.74) is 0.918. The quantitative estimate of drug-likeness (QED) is 0.590. The van der Waals surface area contributed by atoms with Gasteiger partial charge in [-0.3, -0.25) is 4.79 Å². The van der Waals surface area contributed by atoms with Crippen LogP contribution in [0.1, 0.15) is 12.0 Å². The molecule has 0 unspecified atom stereocenters. The van der Waals surface area contributed by atoms with Gasteiger partial charge in [0, 0.05) is 0 Å². The molecule has 1 aromatic rings. The molecule has 0 spiro atoms. The Morgan fingerprint density at radius 3 is 2.79 bits per heavy atom. The maximum absolute atomic E-state index is 11.0. The molecule has 1 heterocycles. The van der Waals surface area contributed by atoms with Crippen LogP contribution in [0, 0.1) is 0 Å². The van der Waals surface area contributed by atoms with Gasteiger partial charge in [0.1, 0.15) is 10.2 Å². The first-order chi connectivity index (χ1) is 6.59. The predicted molar refractivity (Wildman–Crippen MR) is 57.5 cm³/mol. The zero-order valence-corrected chi connectivity index (χ0v) is 10.2. The highest BCUT2D eigenvalue weighted by molar-refractivity contribution is 9.11. The third-order valence-corrected chi connectivity index (χ3v) is 3.38. The van der Waals surface area contributed by atoms with Crippen LogP contribution < -0.4 is 4.74 Å². The van der Waals surface area contributed by atoms with E-state index in [1.165, 1.54) is 0 Å². The molecule has 0 bridgehead atoms. The van der Waals surface area contributed by atoms with E-state index in [1.807, 2.05) is 0 Å². The number of phenols is 1. The SMILES string of the molecule is O=C1CCc2cc(Br)c(O)c(Br)c2O1. The average Bonchev–Trinajstić information content (AvgIpc) is 2.16. The van der Waals surface area contributed by atoms with Crippen molar-refractivity contribution in [3.05, 3.63) is 20.6 Å². The molecule has 0 fully saturated rings. The standard InChI is InChI=1S/C9H6Br2O3/c10-5-3-4-1-2-6(12)14-9(4)7(11)8(5)13/h3,13H,1-2H2. The molecule has 1 aliphatic heterocycles. The maximum Gasteiger partial charge on any atom is 0.311 e. The van der Waals surface area contributed by atoms with E-state index < -0.39 is 0 Å². The summed E-state index contributed by atoms with van der Waals surface area (Å²) in [6.45, 7) is 0. The average molecular weight is 322 g/mol. The number of aryl methyl sites for hydroxylation is 1. The number of hydrogen-bond donors (Lipinski definition) is 1. The van der Waals surface area contributed by atoms with Gasteiger partial charge in [-0.25, -0.2) is 0 Å². The van der Waals surface area contributed by atoms with Crippen molar-refractivity contribution < 1.29 is 14.6 Å². The molecule has 0 aliphatic carbocycles. The summed E-state index contributed by atoms with van der Waals surface area (Å²) in [4.78, 5) is 11.0. The van der Waals surface area contributed by atoms with Crippen molar-refractivity contribution in [1.82, 2.24) is 0 Å². The highest BCUT2D eigenvalue weighted by Gasteiger charge is 2.23. The van der Waals surface area contributed by atoms with Gasteiger partial charge in [0.15, 0.2) is 5.75 Å². The second-order valence-corrected chi connectivity index (χ2v) is 4.63. The lowest BCUT2D eigenvalue weighted by molar-refractivity contribution is -0.135. The van der Waals surface area contributed by atoms with Crippen LogP contribution in [0.5, 0.6) is 11.5 Å². The maximum atomic E-state index is 11.0. The van der Waals surface area contributed by atoms with Crippen molar-refractivity contribution in [2.24, 2.45) is 0 Å². The van der Waals surface area contributed by atoms with Gasteiger partial charge in [-0.05, 0) is 49.9 Å². The van der Waals surface area contributed by atoms with Gasteiger partial charge in [0.2, 0.25) is 0 Å². The molecule has 1 aromatic carbocycles. The molecule has 0 saturated heterocycles. The number of fused-ring (bicyclic) bond motifs is 1. The molecular formula is C9H6Br2O3. The van der Waals surface area contributed by atoms with E-state index in [9.17, 15) is 9.90 Å². The third kappa shape index (κ3) is 1.54. The number of aromatic hydroxyl groups is 1. The second kappa shape index (κ2) is 3.55. The van der Waals surface area contributed by atoms with E-state index in [4.69, 9.17) is 4.74 Å². The largest absolute Gasteiger partial charge is 0.505 e. The Labute approximate surface area is 97.3 Å². The number of ether oxygens (including phenoxy) is 1. The number of carbonyl (C=O) groups is 1. The Bertz CT molecular complexity index is 415.